The highest BCUT2D eigenvalue weighted by molar-refractivity contribution is 6.41. The number of piperidine rings is 1. The van der Waals surface area contributed by atoms with Gasteiger partial charge in [-0.2, -0.15) is 5.10 Å². The van der Waals surface area contributed by atoms with Crippen LogP contribution in [-0.4, -0.2) is 27.3 Å². The Kier molecular flexibility index (Phi) is 4.57. The molecule has 2 aliphatic rings. The fourth-order valence-electron chi connectivity index (χ4n) is 3.89. The zero-order chi connectivity index (χ0) is 15.0. The van der Waals surface area contributed by atoms with Crippen LogP contribution in [0.1, 0.15) is 39.0 Å². The molecule has 2 heterocycles. The van der Waals surface area contributed by atoms with E-state index in [1.807, 2.05) is 0 Å². The Morgan fingerprint density at radius 1 is 1.33 bits per heavy atom. The molecule has 1 aromatic heterocycles. The molecule has 4 nitrogen and oxygen atoms in total. The van der Waals surface area contributed by atoms with Gasteiger partial charge in [-0.25, -0.2) is 4.68 Å². The van der Waals surface area contributed by atoms with E-state index in [1.165, 1.54) is 43.0 Å². The molecule has 0 N–H and O–H groups in total. The van der Waals surface area contributed by atoms with Crippen molar-refractivity contribution >= 4 is 23.2 Å². The topological polar surface area (TPSA) is 38.1 Å². The Morgan fingerprint density at radius 2 is 2.14 bits per heavy atom. The number of aromatic nitrogens is 2. The number of nitrogens with zero attached hydrogens (tertiary/aromatic N) is 3. The number of likely N-dealkylation sites (tertiary alicyclic amines) is 1. The summed E-state index contributed by atoms with van der Waals surface area (Å²) in [4.78, 5) is 14.5. The van der Waals surface area contributed by atoms with E-state index < -0.39 is 0 Å². The zero-order valence-electron chi connectivity index (χ0n) is 12.3. The lowest BCUT2D eigenvalue weighted by Crippen LogP contribution is -2.49. The SMILES string of the molecule is C[C@@H]1CC[C@@H]2[C@@H](CCCN2Cn2ncc(Cl)c(Cl)c2=O)C1. The average molecular weight is 330 g/mol. The van der Waals surface area contributed by atoms with Crippen LogP contribution in [0, 0.1) is 11.8 Å². The summed E-state index contributed by atoms with van der Waals surface area (Å²) in [5.74, 6) is 1.60. The summed E-state index contributed by atoms with van der Waals surface area (Å²) in [6, 6.07) is 0.582. The van der Waals surface area contributed by atoms with Crippen molar-refractivity contribution in [3.63, 3.8) is 0 Å². The van der Waals surface area contributed by atoms with Crippen molar-refractivity contribution in [1.29, 1.82) is 0 Å². The normalized spacial score (nSPS) is 30.1. The Balaban J connectivity index is 1.78. The first kappa shape index (κ1) is 15.3. The molecule has 0 aromatic carbocycles. The molecule has 0 unspecified atom stereocenters. The first-order valence-electron chi connectivity index (χ1n) is 7.71. The van der Waals surface area contributed by atoms with Gasteiger partial charge in [0.1, 0.15) is 5.02 Å². The lowest BCUT2D eigenvalue weighted by molar-refractivity contribution is 0.0188. The molecule has 1 aliphatic carbocycles. The molecular weight excluding hydrogens is 309 g/mol. The second kappa shape index (κ2) is 6.27. The maximum absolute atomic E-state index is 12.1. The summed E-state index contributed by atoms with van der Waals surface area (Å²) >= 11 is 11.8. The van der Waals surface area contributed by atoms with Crippen LogP contribution in [0.4, 0.5) is 0 Å². The van der Waals surface area contributed by atoms with E-state index in [-0.39, 0.29) is 15.6 Å². The highest BCUT2D eigenvalue weighted by Crippen LogP contribution is 2.37. The van der Waals surface area contributed by atoms with Gasteiger partial charge in [0.05, 0.1) is 17.9 Å². The summed E-state index contributed by atoms with van der Waals surface area (Å²) in [6.45, 7) is 3.90. The van der Waals surface area contributed by atoms with Gasteiger partial charge in [-0.15, -0.1) is 0 Å². The Morgan fingerprint density at radius 3 is 2.95 bits per heavy atom. The molecule has 3 atom stereocenters. The number of rotatable bonds is 2. The van der Waals surface area contributed by atoms with Crippen LogP contribution in [0.2, 0.25) is 10.0 Å². The van der Waals surface area contributed by atoms with Crippen molar-refractivity contribution in [1.82, 2.24) is 14.7 Å². The van der Waals surface area contributed by atoms with E-state index in [9.17, 15) is 4.79 Å². The molecule has 0 radical (unpaired) electrons. The fourth-order valence-corrected chi connectivity index (χ4v) is 4.16. The van der Waals surface area contributed by atoms with Crippen LogP contribution >= 0.6 is 23.2 Å². The van der Waals surface area contributed by atoms with Gasteiger partial charge in [0.2, 0.25) is 0 Å². The molecule has 3 rings (SSSR count). The molecule has 0 spiro atoms. The van der Waals surface area contributed by atoms with Crippen LogP contribution in [0.3, 0.4) is 0 Å². The highest BCUT2D eigenvalue weighted by atomic mass is 35.5. The van der Waals surface area contributed by atoms with Crippen LogP contribution < -0.4 is 5.56 Å². The van der Waals surface area contributed by atoms with Gasteiger partial charge in [0.15, 0.2) is 0 Å². The number of hydrogen-bond acceptors (Lipinski definition) is 3. The van der Waals surface area contributed by atoms with Crippen LogP contribution in [0.5, 0.6) is 0 Å². The molecule has 1 aliphatic heterocycles. The minimum atomic E-state index is -0.296. The van der Waals surface area contributed by atoms with Crippen molar-refractivity contribution in [2.75, 3.05) is 6.54 Å². The lowest BCUT2D eigenvalue weighted by Gasteiger charge is -2.45. The zero-order valence-corrected chi connectivity index (χ0v) is 13.8. The minimum Gasteiger partial charge on any atom is -0.281 e. The number of hydrogen-bond donors (Lipinski definition) is 0. The molecule has 2 fully saturated rings. The molecule has 21 heavy (non-hydrogen) atoms. The molecule has 0 bridgehead atoms. The molecule has 6 heteroatoms. The standard InChI is InChI=1S/C15H21Cl2N3O/c1-10-4-5-13-11(7-10)3-2-6-19(13)9-20-15(21)14(17)12(16)8-18-20/h8,10-11,13H,2-7,9H2,1H3/t10-,11+,13-/m1/s1. The van der Waals surface area contributed by atoms with E-state index in [1.54, 1.807) is 0 Å². The number of halogens is 2. The highest BCUT2D eigenvalue weighted by Gasteiger charge is 2.35. The van der Waals surface area contributed by atoms with E-state index in [2.05, 4.69) is 16.9 Å². The molecule has 1 saturated carbocycles. The number of fused-ring (bicyclic) bond motifs is 1. The first-order valence-corrected chi connectivity index (χ1v) is 8.47. The van der Waals surface area contributed by atoms with Gasteiger partial charge in [0, 0.05) is 12.6 Å². The Hall–Kier alpha value is -0.580. The molecule has 1 aromatic rings. The van der Waals surface area contributed by atoms with Crippen molar-refractivity contribution in [3.8, 4) is 0 Å². The minimum absolute atomic E-state index is 0.0671. The summed E-state index contributed by atoms with van der Waals surface area (Å²) in [5, 5.41) is 4.42. The van der Waals surface area contributed by atoms with Gasteiger partial charge in [-0.3, -0.25) is 9.69 Å². The predicted molar refractivity (Wildman–Crippen MR) is 84.8 cm³/mol. The monoisotopic (exact) mass is 329 g/mol. The summed E-state index contributed by atoms with van der Waals surface area (Å²) in [5.41, 5.74) is -0.296. The molecule has 1 saturated heterocycles. The van der Waals surface area contributed by atoms with E-state index in [0.717, 1.165) is 18.4 Å². The summed E-state index contributed by atoms with van der Waals surface area (Å²) in [7, 11) is 0. The smallest absolute Gasteiger partial charge is 0.281 e. The van der Waals surface area contributed by atoms with Crippen molar-refractivity contribution in [2.45, 2.75) is 51.7 Å². The summed E-state index contributed by atoms with van der Waals surface area (Å²) in [6.07, 6.45) is 7.78. The lowest BCUT2D eigenvalue weighted by atomic mass is 9.74. The second-order valence-electron chi connectivity index (χ2n) is 6.45. The molecule has 0 amide bonds. The van der Waals surface area contributed by atoms with Crippen molar-refractivity contribution in [3.05, 3.63) is 26.6 Å². The van der Waals surface area contributed by atoms with Gasteiger partial charge < -0.3 is 0 Å². The third-order valence-electron chi connectivity index (χ3n) is 4.95. The second-order valence-corrected chi connectivity index (χ2v) is 7.24. The van der Waals surface area contributed by atoms with Gasteiger partial charge in [-0.05, 0) is 43.9 Å². The van der Waals surface area contributed by atoms with E-state index in [0.29, 0.717) is 12.7 Å². The predicted octanol–water partition coefficient (Wildman–Crippen LogP) is 3.41. The molecular formula is C15H21Cl2N3O. The maximum atomic E-state index is 12.1. The van der Waals surface area contributed by atoms with Crippen LogP contribution in [0.15, 0.2) is 11.0 Å². The third-order valence-corrected chi connectivity index (χ3v) is 5.70. The van der Waals surface area contributed by atoms with Gasteiger partial charge in [0.25, 0.3) is 5.56 Å². The van der Waals surface area contributed by atoms with Crippen LogP contribution in [-0.2, 0) is 6.67 Å². The largest absolute Gasteiger partial charge is 0.288 e. The Labute approximate surface area is 135 Å². The first-order chi connectivity index (χ1) is 10.1. The van der Waals surface area contributed by atoms with E-state index >= 15 is 0 Å². The van der Waals surface area contributed by atoms with Gasteiger partial charge >= 0.3 is 0 Å². The Bertz CT molecular complexity index is 575. The molecule has 116 valence electrons. The van der Waals surface area contributed by atoms with Crippen molar-refractivity contribution in [2.24, 2.45) is 11.8 Å². The van der Waals surface area contributed by atoms with E-state index in [4.69, 9.17) is 23.2 Å². The third kappa shape index (κ3) is 3.13. The van der Waals surface area contributed by atoms with Crippen LogP contribution in [0.25, 0.3) is 0 Å². The maximum Gasteiger partial charge on any atom is 0.288 e. The fraction of sp³-hybridized carbons (Fsp3) is 0.733. The average Bonchev–Trinajstić information content (AvgIpc) is 2.48. The van der Waals surface area contributed by atoms with Gasteiger partial charge in [-0.1, -0.05) is 30.1 Å². The quantitative estimate of drug-likeness (QED) is 0.834. The summed E-state index contributed by atoms with van der Waals surface area (Å²) < 4.78 is 1.44. The van der Waals surface area contributed by atoms with Crippen molar-refractivity contribution < 1.29 is 0 Å².